The number of nitrogens with zero attached hydrogens (tertiary/aromatic N) is 1. The molecule has 2 heterocycles. The fourth-order valence-electron chi connectivity index (χ4n) is 3.72. The molecule has 0 saturated carbocycles. The van der Waals surface area contributed by atoms with Crippen LogP contribution in [0.15, 0.2) is 24.3 Å². The first-order valence-electron chi connectivity index (χ1n) is 9.07. The molecular weight excluding hydrogens is 374 g/mol. The molecule has 0 bridgehead atoms. The van der Waals surface area contributed by atoms with Crippen molar-refractivity contribution in [3.05, 3.63) is 24.3 Å². The van der Waals surface area contributed by atoms with E-state index in [0.717, 1.165) is 25.9 Å². The van der Waals surface area contributed by atoms with Gasteiger partial charge in [-0.15, -0.1) is 12.4 Å². The number of nitrogens with one attached hydrogen (secondary N) is 2. The minimum absolute atomic E-state index is 0. The summed E-state index contributed by atoms with van der Waals surface area (Å²) in [6, 6.07) is 7.07. The molecule has 0 aliphatic carbocycles. The number of carbonyl (C=O) groups is 1. The monoisotopic (exact) mass is 401 g/mol. The number of hydrogen-bond acceptors (Lipinski definition) is 4. The quantitative estimate of drug-likeness (QED) is 0.794. The molecule has 26 heavy (non-hydrogen) atoms. The molecule has 0 radical (unpaired) electrons. The van der Waals surface area contributed by atoms with Crippen LogP contribution in [-0.2, 0) is 14.8 Å². The molecule has 3 rings (SSSR count). The van der Waals surface area contributed by atoms with Gasteiger partial charge in [-0.25, -0.2) is 8.42 Å². The molecular formula is C18H28ClN3O3S. The lowest BCUT2D eigenvalue weighted by Gasteiger charge is -2.27. The van der Waals surface area contributed by atoms with Crippen LogP contribution >= 0.6 is 12.4 Å². The molecule has 1 unspecified atom stereocenters. The minimum Gasteiger partial charge on any atom is -0.326 e. The Bertz CT molecular complexity index is 703. The van der Waals surface area contributed by atoms with E-state index >= 15 is 0 Å². The van der Waals surface area contributed by atoms with Gasteiger partial charge in [0.25, 0.3) is 0 Å². The third-order valence-electron chi connectivity index (χ3n) is 5.23. The number of sulfonamides is 1. The van der Waals surface area contributed by atoms with E-state index in [0.29, 0.717) is 42.6 Å². The molecule has 0 spiro atoms. The average molecular weight is 402 g/mol. The second-order valence-corrected chi connectivity index (χ2v) is 9.12. The molecule has 1 atom stereocenters. The summed E-state index contributed by atoms with van der Waals surface area (Å²) < 4.78 is 25.3. The summed E-state index contributed by atoms with van der Waals surface area (Å²) in [5.74, 6) is 1.21. The van der Waals surface area contributed by atoms with Crippen LogP contribution < -0.4 is 14.9 Å². The van der Waals surface area contributed by atoms with Crippen molar-refractivity contribution in [2.75, 3.05) is 35.0 Å². The molecule has 1 aromatic rings. The number of anilines is 2. The van der Waals surface area contributed by atoms with Crippen LogP contribution in [0, 0.1) is 11.8 Å². The molecule has 6 nitrogen and oxygen atoms in total. The van der Waals surface area contributed by atoms with Gasteiger partial charge in [-0.2, -0.15) is 0 Å². The zero-order valence-corrected chi connectivity index (χ0v) is 16.7. The molecule has 146 valence electrons. The van der Waals surface area contributed by atoms with Gasteiger partial charge in [0.2, 0.25) is 15.9 Å². The van der Waals surface area contributed by atoms with E-state index in [1.165, 1.54) is 4.31 Å². The van der Waals surface area contributed by atoms with Gasteiger partial charge in [0, 0.05) is 18.7 Å². The second kappa shape index (κ2) is 9.06. The van der Waals surface area contributed by atoms with Crippen molar-refractivity contribution in [2.45, 2.75) is 32.6 Å². The SMILES string of the molecule is CC(CC(=O)Nc1ccc(N2CCCS2(=O)=O)cc1)C1CCNCC1.Cl. The zero-order chi connectivity index (χ0) is 17.9. The Morgan fingerprint density at radius 3 is 2.50 bits per heavy atom. The van der Waals surface area contributed by atoms with E-state index in [-0.39, 0.29) is 24.1 Å². The third-order valence-corrected chi connectivity index (χ3v) is 7.10. The predicted molar refractivity (Wildman–Crippen MR) is 107 cm³/mol. The molecule has 2 N–H and O–H groups in total. The molecule has 1 aromatic carbocycles. The van der Waals surface area contributed by atoms with Gasteiger partial charge in [-0.05, 0) is 68.5 Å². The van der Waals surface area contributed by atoms with Crippen LogP contribution in [0.1, 0.15) is 32.6 Å². The predicted octanol–water partition coefficient (Wildman–Crippen LogP) is 2.61. The van der Waals surface area contributed by atoms with Gasteiger partial charge in [0.1, 0.15) is 0 Å². The fourth-order valence-corrected chi connectivity index (χ4v) is 5.29. The summed E-state index contributed by atoms with van der Waals surface area (Å²) in [5, 5.41) is 6.28. The van der Waals surface area contributed by atoms with Crippen LogP contribution in [0.25, 0.3) is 0 Å². The first-order valence-corrected chi connectivity index (χ1v) is 10.7. The average Bonchev–Trinajstić information content (AvgIpc) is 2.95. The van der Waals surface area contributed by atoms with Gasteiger partial charge in [-0.3, -0.25) is 9.10 Å². The summed E-state index contributed by atoms with van der Waals surface area (Å²) >= 11 is 0. The lowest BCUT2D eigenvalue weighted by Crippen LogP contribution is -2.32. The van der Waals surface area contributed by atoms with Gasteiger partial charge in [0.05, 0.1) is 11.4 Å². The Kier molecular flexibility index (Phi) is 7.32. The van der Waals surface area contributed by atoms with Crippen LogP contribution in [-0.4, -0.2) is 39.7 Å². The summed E-state index contributed by atoms with van der Waals surface area (Å²) in [7, 11) is -3.16. The standard InChI is InChI=1S/C18H27N3O3S.ClH/c1-14(15-7-9-19-10-8-15)13-18(22)20-16-3-5-17(6-4-16)21-11-2-12-25(21,23)24;/h3-6,14-15,19H,2,7-13H2,1H3,(H,20,22);1H. The number of carbonyl (C=O) groups excluding carboxylic acids is 1. The molecule has 8 heteroatoms. The highest BCUT2D eigenvalue weighted by Crippen LogP contribution is 2.27. The Morgan fingerprint density at radius 1 is 1.27 bits per heavy atom. The van der Waals surface area contributed by atoms with Gasteiger partial charge in [0.15, 0.2) is 0 Å². The number of benzene rings is 1. The number of rotatable bonds is 5. The molecule has 0 aromatic heterocycles. The van der Waals surface area contributed by atoms with Crippen molar-refractivity contribution < 1.29 is 13.2 Å². The smallest absolute Gasteiger partial charge is 0.235 e. The zero-order valence-electron chi connectivity index (χ0n) is 15.1. The topological polar surface area (TPSA) is 78.5 Å². The van der Waals surface area contributed by atoms with Crippen molar-refractivity contribution in [1.82, 2.24) is 5.32 Å². The maximum absolute atomic E-state index is 12.3. The van der Waals surface area contributed by atoms with Gasteiger partial charge < -0.3 is 10.6 Å². The minimum atomic E-state index is -3.16. The van der Waals surface area contributed by atoms with Crippen LogP contribution in [0.3, 0.4) is 0 Å². The summed E-state index contributed by atoms with van der Waals surface area (Å²) in [4.78, 5) is 12.3. The van der Waals surface area contributed by atoms with Crippen molar-refractivity contribution in [1.29, 1.82) is 0 Å². The maximum Gasteiger partial charge on any atom is 0.235 e. The number of piperidine rings is 1. The molecule has 2 saturated heterocycles. The van der Waals surface area contributed by atoms with Crippen LogP contribution in [0.2, 0.25) is 0 Å². The molecule has 2 fully saturated rings. The molecule has 2 aliphatic heterocycles. The van der Waals surface area contributed by atoms with E-state index in [2.05, 4.69) is 17.6 Å². The Balaban J connectivity index is 0.00000243. The van der Waals surface area contributed by atoms with E-state index < -0.39 is 10.0 Å². The highest BCUT2D eigenvalue weighted by atomic mass is 35.5. The first kappa shape index (κ1) is 21.0. The lowest BCUT2D eigenvalue weighted by molar-refractivity contribution is -0.117. The van der Waals surface area contributed by atoms with Crippen molar-refractivity contribution in [2.24, 2.45) is 11.8 Å². The lowest BCUT2D eigenvalue weighted by atomic mass is 9.84. The van der Waals surface area contributed by atoms with Gasteiger partial charge >= 0.3 is 0 Å². The Morgan fingerprint density at radius 2 is 1.92 bits per heavy atom. The maximum atomic E-state index is 12.3. The van der Waals surface area contributed by atoms with Crippen LogP contribution in [0.4, 0.5) is 11.4 Å². The number of halogens is 1. The van der Waals surface area contributed by atoms with E-state index in [4.69, 9.17) is 0 Å². The van der Waals surface area contributed by atoms with E-state index in [1.54, 1.807) is 24.3 Å². The molecule has 1 amide bonds. The van der Waals surface area contributed by atoms with E-state index in [1.807, 2.05) is 0 Å². The highest BCUT2D eigenvalue weighted by molar-refractivity contribution is 7.93. The first-order chi connectivity index (χ1) is 12.0. The number of hydrogen-bond donors (Lipinski definition) is 2. The largest absolute Gasteiger partial charge is 0.326 e. The van der Waals surface area contributed by atoms with E-state index in [9.17, 15) is 13.2 Å². The fraction of sp³-hybridized carbons (Fsp3) is 0.611. The Hall–Kier alpha value is -1.31. The third kappa shape index (κ3) is 5.11. The normalized spacial score (nSPS) is 21.0. The second-order valence-electron chi connectivity index (χ2n) is 7.11. The summed E-state index contributed by atoms with van der Waals surface area (Å²) in [6.45, 7) is 4.76. The highest BCUT2D eigenvalue weighted by Gasteiger charge is 2.28. The van der Waals surface area contributed by atoms with Gasteiger partial charge in [-0.1, -0.05) is 6.92 Å². The van der Waals surface area contributed by atoms with Crippen molar-refractivity contribution >= 4 is 39.7 Å². The Labute approximate surface area is 162 Å². The number of amides is 1. The van der Waals surface area contributed by atoms with Crippen LogP contribution in [0.5, 0.6) is 0 Å². The van der Waals surface area contributed by atoms with Crippen molar-refractivity contribution in [3.8, 4) is 0 Å². The summed E-state index contributed by atoms with van der Waals surface area (Å²) in [5.41, 5.74) is 1.38. The summed E-state index contributed by atoms with van der Waals surface area (Å²) in [6.07, 6.45) is 3.45. The molecule has 2 aliphatic rings. The van der Waals surface area contributed by atoms with Crippen molar-refractivity contribution in [3.63, 3.8) is 0 Å².